The molecular weight excluding hydrogens is 451 g/mol. The highest BCUT2D eigenvalue weighted by Crippen LogP contribution is 2.65. The molecule has 3 fully saturated rings. The summed E-state index contributed by atoms with van der Waals surface area (Å²) in [6.07, 6.45) is 7.93. The molecule has 0 bridgehead atoms. The lowest BCUT2D eigenvalue weighted by Gasteiger charge is -2.59. The van der Waals surface area contributed by atoms with E-state index >= 15 is 0 Å². The third-order valence-corrected chi connectivity index (χ3v) is 10.3. The summed E-state index contributed by atoms with van der Waals surface area (Å²) >= 11 is 6.14. The molecule has 1 heterocycles. The van der Waals surface area contributed by atoms with Gasteiger partial charge in [0, 0.05) is 35.3 Å². The van der Waals surface area contributed by atoms with E-state index in [4.69, 9.17) is 11.6 Å². The van der Waals surface area contributed by atoms with Crippen LogP contribution >= 0.6 is 11.6 Å². The summed E-state index contributed by atoms with van der Waals surface area (Å²) < 4.78 is 14.2. The van der Waals surface area contributed by atoms with Crippen LogP contribution in [0.2, 0.25) is 5.02 Å². The van der Waals surface area contributed by atoms with Crippen molar-refractivity contribution in [1.29, 1.82) is 0 Å². The summed E-state index contributed by atoms with van der Waals surface area (Å²) in [5, 5.41) is 3.09. The molecule has 1 saturated heterocycles. The van der Waals surface area contributed by atoms with Crippen LogP contribution in [0, 0.1) is 40.3 Å². The topological polar surface area (TPSA) is 49.4 Å². The lowest BCUT2D eigenvalue weighted by Crippen LogP contribution is -2.58. The number of allylic oxidation sites excluding steroid dienone is 2. The first-order valence-electron chi connectivity index (χ1n) is 12.8. The van der Waals surface area contributed by atoms with Gasteiger partial charge in [-0.2, -0.15) is 0 Å². The third kappa shape index (κ3) is 3.53. The zero-order valence-corrected chi connectivity index (χ0v) is 21.5. The molecular formula is C28H36ClFN2O2. The second-order valence-electron chi connectivity index (χ2n) is 11.8. The third-order valence-electron chi connectivity index (χ3n) is 9.93. The Morgan fingerprint density at radius 3 is 2.74 bits per heavy atom. The quantitative estimate of drug-likeness (QED) is 0.525. The van der Waals surface area contributed by atoms with Gasteiger partial charge in [-0.3, -0.25) is 9.59 Å². The van der Waals surface area contributed by atoms with E-state index in [0.717, 1.165) is 24.5 Å². The number of fused-ring (bicyclic) bond motifs is 5. The number of likely N-dealkylation sites (tertiary alicyclic amines) is 1. The molecule has 1 aliphatic heterocycles. The van der Waals surface area contributed by atoms with Crippen LogP contribution in [0.1, 0.15) is 71.3 Å². The van der Waals surface area contributed by atoms with Gasteiger partial charge in [0.2, 0.25) is 11.8 Å². The molecule has 1 aromatic rings. The number of nitrogens with zero attached hydrogens (tertiary/aromatic N) is 1. The molecule has 2 amide bonds. The average Bonchev–Trinajstić information content (AvgIpc) is 3.18. The number of carbonyl (C=O) groups excluding carboxylic acids is 2. The molecule has 6 heteroatoms. The van der Waals surface area contributed by atoms with Crippen LogP contribution in [-0.4, -0.2) is 23.8 Å². The van der Waals surface area contributed by atoms with Gasteiger partial charge in [-0.05, 0) is 80.8 Å². The molecule has 0 aromatic heterocycles. The Hall–Kier alpha value is -1.88. The van der Waals surface area contributed by atoms with Crippen LogP contribution in [-0.2, 0) is 16.1 Å². The van der Waals surface area contributed by atoms with Crippen LogP contribution in [0.5, 0.6) is 0 Å². The molecule has 184 valence electrons. The van der Waals surface area contributed by atoms with E-state index in [1.807, 2.05) is 7.05 Å². The zero-order valence-electron chi connectivity index (χ0n) is 20.7. The van der Waals surface area contributed by atoms with Gasteiger partial charge in [-0.25, -0.2) is 4.39 Å². The highest BCUT2D eigenvalue weighted by atomic mass is 35.5. The van der Waals surface area contributed by atoms with Gasteiger partial charge in [0.15, 0.2) is 0 Å². The van der Waals surface area contributed by atoms with Crippen molar-refractivity contribution in [3.8, 4) is 0 Å². The average molecular weight is 487 g/mol. The van der Waals surface area contributed by atoms with Gasteiger partial charge >= 0.3 is 0 Å². The fraction of sp³-hybridized carbons (Fsp3) is 0.643. The van der Waals surface area contributed by atoms with Crippen LogP contribution in [0.25, 0.3) is 0 Å². The monoisotopic (exact) mass is 486 g/mol. The maximum Gasteiger partial charge on any atom is 0.239 e. The largest absolute Gasteiger partial charge is 0.351 e. The minimum absolute atomic E-state index is 0.0250. The number of carbonyl (C=O) groups is 2. The van der Waals surface area contributed by atoms with Gasteiger partial charge < -0.3 is 10.2 Å². The van der Waals surface area contributed by atoms with Crippen molar-refractivity contribution in [2.75, 3.05) is 7.05 Å². The summed E-state index contributed by atoms with van der Waals surface area (Å²) in [6, 6.07) is 4.48. The van der Waals surface area contributed by atoms with E-state index in [-0.39, 0.29) is 34.4 Å². The number of nitrogens with one attached hydrogen (secondary N) is 1. The van der Waals surface area contributed by atoms with Crippen molar-refractivity contribution in [3.05, 3.63) is 45.9 Å². The SMILES string of the molecule is CC1=C2N(C)C(=O)C(C(=O)NCc3c(F)cccc3Cl)C[C@]2(C)[C@@H]2CC[C@]3(C)CCC[C@H]3[C@@H]2C1. The fourth-order valence-electron chi connectivity index (χ4n) is 8.45. The second kappa shape index (κ2) is 8.36. The summed E-state index contributed by atoms with van der Waals surface area (Å²) in [5.41, 5.74) is 2.94. The number of halogens is 2. The molecule has 1 aromatic carbocycles. The van der Waals surface area contributed by atoms with Crippen molar-refractivity contribution >= 4 is 23.4 Å². The Balaban J connectivity index is 1.42. The Morgan fingerprint density at radius 2 is 2.00 bits per heavy atom. The standard InChI is InChI=1S/C28H36ClFN2O2/c1-16-13-17-20-7-6-11-27(20,2)12-10-21(17)28(3)14-18(26(34)32(4)24(16)28)25(33)31-15-19-22(29)8-5-9-23(19)30/h5,8-9,17-18,20-21H,6-7,10-15H2,1-4H3,(H,31,33)/t17-,18?,20-,21+,27-,28+/m0/s1. The number of rotatable bonds is 3. The molecule has 4 aliphatic rings. The zero-order chi connectivity index (χ0) is 24.4. The molecule has 5 rings (SSSR count). The van der Waals surface area contributed by atoms with E-state index < -0.39 is 11.7 Å². The van der Waals surface area contributed by atoms with Gasteiger partial charge in [0.1, 0.15) is 11.7 Å². The molecule has 3 aliphatic carbocycles. The molecule has 4 nitrogen and oxygen atoms in total. The molecule has 34 heavy (non-hydrogen) atoms. The molecule has 1 N–H and O–H groups in total. The first-order valence-corrected chi connectivity index (χ1v) is 13.1. The number of hydrogen-bond donors (Lipinski definition) is 1. The molecule has 0 radical (unpaired) electrons. The number of amides is 2. The maximum absolute atomic E-state index is 14.2. The Morgan fingerprint density at radius 1 is 1.24 bits per heavy atom. The molecule has 2 saturated carbocycles. The number of benzene rings is 1. The van der Waals surface area contributed by atoms with Crippen LogP contribution in [0.4, 0.5) is 4.39 Å². The van der Waals surface area contributed by atoms with E-state index in [2.05, 4.69) is 26.1 Å². The lowest BCUT2D eigenvalue weighted by atomic mass is 9.48. The minimum Gasteiger partial charge on any atom is -0.351 e. The molecule has 6 atom stereocenters. The van der Waals surface area contributed by atoms with Crippen molar-refractivity contribution < 1.29 is 14.0 Å². The maximum atomic E-state index is 14.2. The first kappa shape index (κ1) is 23.8. The van der Waals surface area contributed by atoms with Crippen LogP contribution < -0.4 is 5.32 Å². The number of hydrogen-bond acceptors (Lipinski definition) is 2. The Kier molecular flexibility index (Phi) is 5.86. The van der Waals surface area contributed by atoms with Crippen molar-refractivity contribution in [3.63, 3.8) is 0 Å². The fourth-order valence-corrected chi connectivity index (χ4v) is 8.68. The van der Waals surface area contributed by atoms with Gasteiger partial charge in [0.05, 0.1) is 0 Å². The first-order chi connectivity index (χ1) is 16.1. The smallest absolute Gasteiger partial charge is 0.239 e. The van der Waals surface area contributed by atoms with Crippen LogP contribution in [0.3, 0.4) is 0 Å². The van der Waals surface area contributed by atoms with Crippen molar-refractivity contribution in [2.24, 2.45) is 34.5 Å². The minimum atomic E-state index is -0.771. The Bertz CT molecular complexity index is 1050. The summed E-state index contributed by atoms with van der Waals surface area (Å²) in [5.74, 6) is 0.115. The second-order valence-corrected chi connectivity index (χ2v) is 12.2. The molecule has 1 unspecified atom stereocenters. The lowest BCUT2D eigenvalue weighted by molar-refractivity contribution is -0.149. The van der Waals surface area contributed by atoms with E-state index in [9.17, 15) is 14.0 Å². The van der Waals surface area contributed by atoms with Gasteiger partial charge in [-0.15, -0.1) is 0 Å². The summed E-state index contributed by atoms with van der Waals surface area (Å²) in [6.45, 7) is 6.94. The van der Waals surface area contributed by atoms with Crippen LogP contribution in [0.15, 0.2) is 29.5 Å². The number of piperidine rings is 1. The van der Waals surface area contributed by atoms with Gasteiger partial charge in [0.25, 0.3) is 0 Å². The highest BCUT2D eigenvalue weighted by Gasteiger charge is 2.60. The summed E-state index contributed by atoms with van der Waals surface area (Å²) in [7, 11) is 1.83. The van der Waals surface area contributed by atoms with Crippen molar-refractivity contribution in [2.45, 2.75) is 72.3 Å². The normalized spacial score (nSPS) is 37.2. The summed E-state index contributed by atoms with van der Waals surface area (Å²) in [4.78, 5) is 28.4. The van der Waals surface area contributed by atoms with E-state index in [0.29, 0.717) is 23.7 Å². The van der Waals surface area contributed by atoms with E-state index in [1.165, 1.54) is 37.3 Å². The van der Waals surface area contributed by atoms with E-state index in [1.54, 1.807) is 17.0 Å². The highest BCUT2D eigenvalue weighted by molar-refractivity contribution is 6.31. The van der Waals surface area contributed by atoms with Crippen molar-refractivity contribution in [1.82, 2.24) is 10.2 Å². The Labute approximate surface area is 207 Å². The van der Waals surface area contributed by atoms with Gasteiger partial charge in [-0.1, -0.05) is 43.5 Å². The predicted molar refractivity (Wildman–Crippen MR) is 131 cm³/mol. The molecule has 0 spiro atoms. The predicted octanol–water partition coefficient (Wildman–Crippen LogP) is 6.09.